The molecule has 1 atom stereocenters. The molecular weight excluding hydrogens is 348 g/mol. The fourth-order valence-electron chi connectivity index (χ4n) is 3.62. The molecule has 1 unspecified atom stereocenters. The molecule has 1 saturated heterocycles. The Hall–Kier alpha value is -2.90. The van der Waals surface area contributed by atoms with Crippen molar-refractivity contribution in [3.8, 4) is 0 Å². The third-order valence-corrected chi connectivity index (χ3v) is 5.46. The van der Waals surface area contributed by atoms with Crippen molar-refractivity contribution in [3.05, 3.63) is 29.3 Å². The van der Waals surface area contributed by atoms with E-state index < -0.39 is 11.9 Å². The first-order valence-electron chi connectivity index (χ1n) is 9.18. The highest BCUT2D eigenvalue weighted by molar-refractivity contribution is 6.06. The van der Waals surface area contributed by atoms with Gasteiger partial charge < -0.3 is 15.5 Å². The number of hydrogen-bond donors (Lipinski definition) is 3. The van der Waals surface area contributed by atoms with E-state index in [9.17, 15) is 19.2 Å². The van der Waals surface area contributed by atoms with E-state index in [1.807, 2.05) is 13.0 Å². The third-order valence-electron chi connectivity index (χ3n) is 5.46. The largest absolute Gasteiger partial charge is 0.376 e. The Kier molecular flexibility index (Phi) is 4.13. The van der Waals surface area contributed by atoms with Crippen molar-refractivity contribution in [2.24, 2.45) is 0 Å². The second-order valence-electron chi connectivity index (χ2n) is 7.69. The van der Waals surface area contributed by atoms with Crippen LogP contribution in [0.15, 0.2) is 18.2 Å². The fraction of sp³-hybridized carbons (Fsp3) is 0.474. The van der Waals surface area contributed by atoms with Crippen LogP contribution in [0.5, 0.6) is 0 Å². The Morgan fingerprint density at radius 2 is 2.07 bits per heavy atom. The maximum absolute atomic E-state index is 12.8. The highest BCUT2D eigenvalue weighted by atomic mass is 16.2. The van der Waals surface area contributed by atoms with Gasteiger partial charge in [0.25, 0.3) is 5.91 Å². The Morgan fingerprint density at radius 3 is 2.78 bits per heavy atom. The zero-order chi connectivity index (χ0) is 19.2. The predicted octanol–water partition coefficient (Wildman–Crippen LogP) is 0.528. The smallest absolute Gasteiger partial charge is 0.255 e. The summed E-state index contributed by atoms with van der Waals surface area (Å²) in [5.41, 5.74) is 1.94. The molecule has 1 aromatic rings. The normalized spacial score (nSPS) is 22.9. The van der Waals surface area contributed by atoms with Crippen molar-refractivity contribution < 1.29 is 19.2 Å². The van der Waals surface area contributed by atoms with Crippen LogP contribution in [0, 0.1) is 0 Å². The summed E-state index contributed by atoms with van der Waals surface area (Å²) in [7, 11) is 0. The molecule has 3 aliphatic rings. The van der Waals surface area contributed by atoms with Gasteiger partial charge >= 0.3 is 0 Å². The topological polar surface area (TPSA) is 108 Å². The highest BCUT2D eigenvalue weighted by Crippen LogP contribution is 2.34. The Bertz CT molecular complexity index is 846. The van der Waals surface area contributed by atoms with E-state index in [1.165, 1.54) is 4.90 Å². The number of anilines is 1. The maximum atomic E-state index is 12.8. The number of nitrogens with zero attached hydrogens (tertiary/aromatic N) is 1. The molecule has 1 saturated carbocycles. The predicted molar refractivity (Wildman–Crippen MR) is 96.8 cm³/mol. The van der Waals surface area contributed by atoms with Crippen LogP contribution in [0.25, 0.3) is 0 Å². The summed E-state index contributed by atoms with van der Waals surface area (Å²) >= 11 is 0. The van der Waals surface area contributed by atoms with Gasteiger partial charge in [-0.05, 0) is 38.3 Å². The zero-order valence-corrected chi connectivity index (χ0v) is 15.1. The lowest BCUT2D eigenvalue weighted by Gasteiger charge is -2.29. The van der Waals surface area contributed by atoms with Crippen molar-refractivity contribution >= 4 is 29.3 Å². The molecular formula is C19H22N4O4. The fourth-order valence-corrected chi connectivity index (χ4v) is 3.62. The van der Waals surface area contributed by atoms with Gasteiger partial charge in [-0.1, -0.05) is 6.07 Å². The minimum Gasteiger partial charge on any atom is -0.376 e. The second-order valence-corrected chi connectivity index (χ2v) is 7.69. The number of imide groups is 1. The van der Waals surface area contributed by atoms with Crippen molar-refractivity contribution in [2.75, 3.05) is 11.9 Å². The molecule has 8 heteroatoms. The first-order valence-corrected chi connectivity index (χ1v) is 9.18. The lowest BCUT2D eigenvalue weighted by molar-refractivity contribution is -0.137. The van der Waals surface area contributed by atoms with Crippen molar-refractivity contribution in [2.45, 2.75) is 50.7 Å². The van der Waals surface area contributed by atoms with E-state index in [4.69, 9.17) is 0 Å². The molecule has 8 nitrogen and oxygen atoms in total. The SMILES string of the molecule is CC1(NC(=O)CNc2cccc3c2CN(C2CCC(=O)NC2=O)C3=O)CC1. The van der Waals surface area contributed by atoms with Crippen LogP contribution in [0.4, 0.5) is 5.69 Å². The summed E-state index contributed by atoms with van der Waals surface area (Å²) in [4.78, 5) is 49.8. The van der Waals surface area contributed by atoms with Gasteiger partial charge in [-0.15, -0.1) is 0 Å². The number of carbonyl (C=O) groups is 4. The van der Waals surface area contributed by atoms with Crippen LogP contribution in [0.2, 0.25) is 0 Å². The molecule has 1 aromatic carbocycles. The molecule has 27 heavy (non-hydrogen) atoms. The lowest BCUT2D eigenvalue weighted by atomic mass is 10.0. The van der Waals surface area contributed by atoms with E-state index in [-0.39, 0.29) is 42.8 Å². The van der Waals surface area contributed by atoms with Crippen LogP contribution in [-0.4, -0.2) is 46.7 Å². The van der Waals surface area contributed by atoms with Crippen molar-refractivity contribution in [1.82, 2.24) is 15.5 Å². The first kappa shape index (κ1) is 17.5. The average molecular weight is 370 g/mol. The van der Waals surface area contributed by atoms with E-state index in [1.54, 1.807) is 12.1 Å². The van der Waals surface area contributed by atoms with Crippen LogP contribution in [0.3, 0.4) is 0 Å². The van der Waals surface area contributed by atoms with Crippen molar-refractivity contribution in [3.63, 3.8) is 0 Å². The van der Waals surface area contributed by atoms with Crippen LogP contribution < -0.4 is 16.0 Å². The average Bonchev–Trinajstić information content (AvgIpc) is 3.25. The van der Waals surface area contributed by atoms with Gasteiger partial charge in [0, 0.05) is 35.3 Å². The summed E-state index contributed by atoms with van der Waals surface area (Å²) in [5.74, 6) is -1.05. The van der Waals surface area contributed by atoms with Crippen LogP contribution >= 0.6 is 0 Å². The van der Waals surface area contributed by atoms with Gasteiger partial charge in [0.15, 0.2) is 0 Å². The minimum atomic E-state index is -0.645. The number of benzene rings is 1. The molecule has 3 N–H and O–H groups in total. The Morgan fingerprint density at radius 1 is 1.30 bits per heavy atom. The monoisotopic (exact) mass is 370 g/mol. The number of piperidine rings is 1. The van der Waals surface area contributed by atoms with Gasteiger partial charge in [-0.2, -0.15) is 0 Å². The van der Waals surface area contributed by atoms with Gasteiger partial charge in [-0.3, -0.25) is 24.5 Å². The first-order chi connectivity index (χ1) is 12.9. The lowest BCUT2D eigenvalue weighted by Crippen LogP contribution is -2.52. The van der Waals surface area contributed by atoms with E-state index in [0.29, 0.717) is 17.7 Å². The number of amides is 4. The molecule has 0 aromatic heterocycles. The molecule has 4 rings (SSSR count). The standard InChI is InChI=1S/C19H22N4O4/c1-19(7-8-19)22-16(25)9-20-13-4-2-3-11-12(13)10-23(18(11)27)14-5-6-15(24)21-17(14)26/h2-4,14,20H,5-10H2,1H3,(H,22,25)(H,21,24,26). The summed E-state index contributed by atoms with van der Waals surface area (Å²) in [6.45, 7) is 2.42. The van der Waals surface area contributed by atoms with Gasteiger partial charge in [-0.25, -0.2) is 0 Å². The Balaban J connectivity index is 1.46. The molecule has 142 valence electrons. The van der Waals surface area contributed by atoms with Crippen LogP contribution in [0.1, 0.15) is 48.5 Å². The maximum Gasteiger partial charge on any atom is 0.255 e. The van der Waals surface area contributed by atoms with Gasteiger partial charge in [0.2, 0.25) is 17.7 Å². The molecule has 1 aliphatic carbocycles. The van der Waals surface area contributed by atoms with Crippen LogP contribution in [-0.2, 0) is 20.9 Å². The molecule has 4 amide bonds. The molecule has 2 aliphatic heterocycles. The Labute approximate surface area is 156 Å². The second kappa shape index (κ2) is 6.37. The number of hydrogen-bond acceptors (Lipinski definition) is 5. The van der Waals surface area contributed by atoms with Gasteiger partial charge in [0.1, 0.15) is 6.04 Å². The molecule has 0 spiro atoms. The van der Waals surface area contributed by atoms with E-state index in [0.717, 1.165) is 18.4 Å². The highest BCUT2D eigenvalue weighted by Gasteiger charge is 2.40. The summed E-state index contributed by atoms with van der Waals surface area (Å²) in [6.07, 6.45) is 2.54. The third kappa shape index (κ3) is 3.39. The minimum absolute atomic E-state index is 0.0735. The number of nitrogens with one attached hydrogen (secondary N) is 3. The molecule has 2 fully saturated rings. The van der Waals surface area contributed by atoms with Crippen molar-refractivity contribution in [1.29, 1.82) is 0 Å². The molecule has 0 bridgehead atoms. The summed E-state index contributed by atoms with van der Waals surface area (Å²) < 4.78 is 0. The summed E-state index contributed by atoms with van der Waals surface area (Å²) in [6, 6.07) is 4.66. The van der Waals surface area contributed by atoms with Gasteiger partial charge in [0.05, 0.1) is 6.54 Å². The zero-order valence-electron chi connectivity index (χ0n) is 15.1. The van der Waals surface area contributed by atoms with E-state index >= 15 is 0 Å². The number of carbonyl (C=O) groups excluding carboxylic acids is 4. The molecule has 2 heterocycles. The molecule has 0 radical (unpaired) electrons. The number of fused-ring (bicyclic) bond motifs is 1. The van der Waals surface area contributed by atoms with E-state index in [2.05, 4.69) is 16.0 Å². The number of rotatable bonds is 5. The quantitative estimate of drug-likeness (QED) is 0.656. The summed E-state index contributed by atoms with van der Waals surface area (Å²) in [5, 5.41) is 8.39.